The minimum absolute atomic E-state index is 0.0411. The van der Waals surface area contributed by atoms with Gasteiger partial charge in [-0.15, -0.1) is 0 Å². The molecular formula is C14H23NO2. The van der Waals surface area contributed by atoms with Crippen LogP contribution in [-0.2, 0) is 4.79 Å². The molecule has 96 valence electrons. The van der Waals surface area contributed by atoms with Gasteiger partial charge in [-0.3, -0.25) is 9.79 Å². The number of allylic oxidation sites excluding steroid dienone is 2. The second-order valence-corrected chi connectivity index (χ2v) is 5.43. The fraction of sp³-hybridized carbons (Fsp3) is 0.714. The van der Waals surface area contributed by atoms with Crippen LogP contribution < -0.4 is 0 Å². The Kier molecular flexibility index (Phi) is 4.49. The molecule has 17 heavy (non-hydrogen) atoms. The van der Waals surface area contributed by atoms with Gasteiger partial charge in [0.25, 0.3) is 0 Å². The Balaban J connectivity index is 3.10. The Bertz CT molecular complexity index is 364. The van der Waals surface area contributed by atoms with E-state index < -0.39 is 0 Å². The highest BCUT2D eigenvalue weighted by Crippen LogP contribution is 2.36. The third-order valence-corrected chi connectivity index (χ3v) is 2.98. The van der Waals surface area contributed by atoms with Crippen LogP contribution in [0, 0.1) is 5.41 Å². The van der Waals surface area contributed by atoms with Gasteiger partial charge in [-0.1, -0.05) is 27.2 Å². The molecule has 0 spiro atoms. The van der Waals surface area contributed by atoms with Crippen molar-refractivity contribution in [2.45, 2.75) is 53.4 Å². The van der Waals surface area contributed by atoms with Gasteiger partial charge in [0, 0.05) is 25.1 Å². The summed E-state index contributed by atoms with van der Waals surface area (Å²) in [6, 6.07) is 0. The number of aliphatic hydroxyl groups excluding tert-OH is 1. The normalized spacial score (nSPS) is 20.9. The van der Waals surface area contributed by atoms with Gasteiger partial charge in [0.1, 0.15) is 5.76 Å². The standard InChI is InChI=1S/C14H23NO2/c1-5-7-10(15-6-2)13-11(16)8-14(3,4)9-12(13)17/h16H,5-9H2,1-4H3. The molecule has 1 N–H and O–H groups in total. The van der Waals surface area contributed by atoms with Crippen molar-refractivity contribution in [1.82, 2.24) is 0 Å². The van der Waals surface area contributed by atoms with Crippen LogP contribution in [0.4, 0.5) is 0 Å². The highest BCUT2D eigenvalue weighted by molar-refractivity contribution is 6.23. The molecule has 0 amide bonds. The third-order valence-electron chi connectivity index (χ3n) is 2.98. The van der Waals surface area contributed by atoms with Gasteiger partial charge in [-0.25, -0.2) is 0 Å². The van der Waals surface area contributed by atoms with Crippen molar-refractivity contribution in [2.75, 3.05) is 6.54 Å². The molecular weight excluding hydrogens is 214 g/mol. The predicted molar refractivity (Wildman–Crippen MR) is 70.6 cm³/mol. The van der Waals surface area contributed by atoms with Crippen LogP contribution >= 0.6 is 0 Å². The van der Waals surface area contributed by atoms with Gasteiger partial charge in [0.05, 0.1) is 5.57 Å². The second-order valence-electron chi connectivity index (χ2n) is 5.43. The van der Waals surface area contributed by atoms with E-state index in [-0.39, 0.29) is 17.0 Å². The summed E-state index contributed by atoms with van der Waals surface area (Å²) in [7, 11) is 0. The zero-order valence-electron chi connectivity index (χ0n) is 11.3. The maximum Gasteiger partial charge on any atom is 0.168 e. The number of Topliss-reactive ketones (excluding diaryl/α,β-unsaturated/α-hetero) is 1. The lowest BCUT2D eigenvalue weighted by Crippen LogP contribution is -2.29. The molecule has 0 heterocycles. The Morgan fingerprint density at radius 2 is 2.00 bits per heavy atom. The molecule has 1 aliphatic rings. The lowest BCUT2D eigenvalue weighted by Gasteiger charge is -2.30. The Morgan fingerprint density at radius 1 is 1.35 bits per heavy atom. The molecule has 0 saturated heterocycles. The number of hydrogen-bond acceptors (Lipinski definition) is 3. The number of rotatable bonds is 4. The first-order valence-corrected chi connectivity index (χ1v) is 6.40. The summed E-state index contributed by atoms with van der Waals surface area (Å²) in [5.41, 5.74) is 1.15. The molecule has 0 aromatic heterocycles. The van der Waals surface area contributed by atoms with Crippen LogP contribution in [0.2, 0.25) is 0 Å². The quantitative estimate of drug-likeness (QED) is 0.761. The maximum absolute atomic E-state index is 12.1. The minimum atomic E-state index is -0.131. The fourth-order valence-corrected chi connectivity index (χ4v) is 2.33. The topological polar surface area (TPSA) is 49.7 Å². The Hall–Kier alpha value is -1.12. The van der Waals surface area contributed by atoms with E-state index in [1.54, 1.807) is 0 Å². The summed E-state index contributed by atoms with van der Waals surface area (Å²) in [4.78, 5) is 16.5. The van der Waals surface area contributed by atoms with Gasteiger partial charge >= 0.3 is 0 Å². The van der Waals surface area contributed by atoms with E-state index in [4.69, 9.17) is 0 Å². The van der Waals surface area contributed by atoms with Crippen LogP contribution in [0.15, 0.2) is 16.3 Å². The first kappa shape index (κ1) is 13.9. The van der Waals surface area contributed by atoms with Crippen molar-refractivity contribution in [3.05, 3.63) is 11.3 Å². The minimum Gasteiger partial charge on any atom is -0.511 e. The summed E-state index contributed by atoms with van der Waals surface area (Å²) in [6.45, 7) is 8.68. The molecule has 0 radical (unpaired) electrons. The van der Waals surface area contributed by atoms with Gasteiger partial charge in [-0.05, 0) is 18.8 Å². The Morgan fingerprint density at radius 3 is 2.47 bits per heavy atom. The van der Waals surface area contributed by atoms with E-state index in [1.165, 1.54) is 0 Å². The Labute approximate surface area is 104 Å². The number of aliphatic hydroxyl groups is 1. The predicted octanol–water partition coefficient (Wildman–Crippen LogP) is 3.45. The van der Waals surface area contributed by atoms with E-state index in [1.807, 2.05) is 20.8 Å². The molecule has 0 aromatic carbocycles. The van der Waals surface area contributed by atoms with Crippen molar-refractivity contribution in [2.24, 2.45) is 10.4 Å². The first-order chi connectivity index (χ1) is 7.91. The summed E-state index contributed by atoms with van der Waals surface area (Å²) < 4.78 is 0. The van der Waals surface area contributed by atoms with Crippen LogP contribution in [-0.4, -0.2) is 23.1 Å². The fourth-order valence-electron chi connectivity index (χ4n) is 2.33. The summed E-state index contributed by atoms with van der Waals surface area (Å²) >= 11 is 0. The molecule has 0 bridgehead atoms. The molecule has 1 aliphatic carbocycles. The van der Waals surface area contributed by atoms with Gasteiger partial charge in [0.15, 0.2) is 5.78 Å². The average molecular weight is 237 g/mol. The van der Waals surface area contributed by atoms with Crippen molar-refractivity contribution >= 4 is 11.5 Å². The number of hydrogen-bond donors (Lipinski definition) is 1. The highest BCUT2D eigenvalue weighted by atomic mass is 16.3. The molecule has 0 saturated carbocycles. The van der Waals surface area contributed by atoms with E-state index in [0.717, 1.165) is 18.6 Å². The first-order valence-electron chi connectivity index (χ1n) is 6.40. The molecule has 1 rings (SSSR count). The molecule has 0 fully saturated rings. The second kappa shape index (κ2) is 5.48. The largest absolute Gasteiger partial charge is 0.511 e. The monoisotopic (exact) mass is 237 g/mol. The van der Waals surface area contributed by atoms with Gasteiger partial charge in [0.2, 0.25) is 0 Å². The number of aliphatic imine (C=N–C) groups is 1. The van der Waals surface area contributed by atoms with Crippen molar-refractivity contribution < 1.29 is 9.90 Å². The van der Waals surface area contributed by atoms with E-state index >= 15 is 0 Å². The zero-order chi connectivity index (χ0) is 13.1. The molecule has 0 aromatic rings. The van der Waals surface area contributed by atoms with Crippen molar-refractivity contribution in [3.63, 3.8) is 0 Å². The van der Waals surface area contributed by atoms with E-state index in [9.17, 15) is 9.90 Å². The van der Waals surface area contributed by atoms with Crippen LogP contribution in [0.25, 0.3) is 0 Å². The van der Waals surface area contributed by atoms with Gasteiger partial charge < -0.3 is 5.11 Å². The molecule has 0 atom stereocenters. The number of nitrogens with zero attached hydrogens (tertiary/aromatic N) is 1. The third kappa shape index (κ3) is 3.42. The van der Waals surface area contributed by atoms with Crippen molar-refractivity contribution in [3.8, 4) is 0 Å². The van der Waals surface area contributed by atoms with Crippen LogP contribution in [0.5, 0.6) is 0 Å². The van der Waals surface area contributed by atoms with E-state index in [0.29, 0.717) is 25.0 Å². The molecule has 3 nitrogen and oxygen atoms in total. The van der Waals surface area contributed by atoms with Crippen molar-refractivity contribution in [1.29, 1.82) is 0 Å². The number of carbonyl (C=O) groups is 1. The number of ketones is 1. The molecule has 3 heteroatoms. The summed E-state index contributed by atoms with van der Waals surface area (Å²) in [5, 5.41) is 10.1. The molecule has 0 aliphatic heterocycles. The zero-order valence-corrected chi connectivity index (χ0v) is 11.3. The van der Waals surface area contributed by atoms with E-state index in [2.05, 4.69) is 11.9 Å². The SMILES string of the molecule is CCCC(=NCC)C1=C(O)CC(C)(C)CC1=O. The lowest BCUT2D eigenvalue weighted by atomic mass is 9.75. The number of carbonyl (C=O) groups excluding carboxylic acids is 1. The van der Waals surface area contributed by atoms with Crippen LogP contribution in [0.1, 0.15) is 53.4 Å². The molecule has 0 unspecified atom stereocenters. The maximum atomic E-state index is 12.1. The summed E-state index contributed by atoms with van der Waals surface area (Å²) in [6.07, 6.45) is 2.77. The average Bonchev–Trinajstić information content (AvgIpc) is 2.14. The van der Waals surface area contributed by atoms with Crippen LogP contribution in [0.3, 0.4) is 0 Å². The smallest absolute Gasteiger partial charge is 0.168 e. The lowest BCUT2D eigenvalue weighted by molar-refractivity contribution is -0.117. The highest BCUT2D eigenvalue weighted by Gasteiger charge is 2.34. The summed E-state index contributed by atoms with van der Waals surface area (Å²) in [5.74, 6) is 0.270. The van der Waals surface area contributed by atoms with Gasteiger partial charge in [-0.2, -0.15) is 0 Å².